The van der Waals surface area contributed by atoms with E-state index in [1.54, 1.807) is 24.5 Å². The van der Waals surface area contributed by atoms with Crippen LogP contribution in [0.2, 0.25) is 0 Å². The number of rotatable bonds is 7. The van der Waals surface area contributed by atoms with Crippen LogP contribution in [0, 0.1) is 11.3 Å². The zero-order chi connectivity index (χ0) is 28.1. The second kappa shape index (κ2) is 12.1. The highest BCUT2D eigenvalue weighted by molar-refractivity contribution is 6.02. The van der Waals surface area contributed by atoms with Gasteiger partial charge in [-0.1, -0.05) is 0 Å². The molecule has 0 spiro atoms. The summed E-state index contributed by atoms with van der Waals surface area (Å²) in [7, 11) is 1.54. The molecule has 0 saturated carbocycles. The Balaban J connectivity index is 1.37. The number of aromatic nitrogens is 3. The fourth-order valence-electron chi connectivity index (χ4n) is 4.89. The van der Waals surface area contributed by atoms with Crippen molar-refractivity contribution in [1.82, 2.24) is 19.9 Å². The number of hydrogen-bond acceptors (Lipinski definition) is 10. The van der Waals surface area contributed by atoms with Crippen molar-refractivity contribution in [2.45, 2.75) is 32.4 Å². The number of nitrogens with zero attached hydrogens (tertiary/aromatic N) is 6. The third-order valence-corrected chi connectivity index (χ3v) is 7.04. The van der Waals surface area contributed by atoms with Gasteiger partial charge in [-0.25, -0.2) is 14.8 Å². The largest absolute Gasteiger partial charge is 0.494 e. The van der Waals surface area contributed by atoms with E-state index in [2.05, 4.69) is 43.5 Å². The molecule has 206 valence electrons. The minimum Gasteiger partial charge on any atom is -0.494 e. The minimum atomic E-state index is -0.429. The molecule has 3 aromatic heterocycles. The Hall–Kier alpha value is -4.60. The third-order valence-electron chi connectivity index (χ3n) is 7.04. The van der Waals surface area contributed by atoms with Crippen molar-refractivity contribution in [3.8, 4) is 11.8 Å². The summed E-state index contributed by atoms with van der Waals surface area (Å²) >= 11 is 0. The predicted molar refractivity (Wildman–Crippen MR) is 148 cm³/mol. The number of fused-ring (bicyclic) bond motifs is 1. The number of ether oxygens (including phenoxy) is 2. The van der Waals surface area contributed by atoms with Gasteiger partial charge in [0.25, 0.3) is 0 Å². The van der Waals surface area contributed by atoms with Crippen molar-refractivity contribution in [3.05, 3.63) is 59.2 Å². The topological polar surface area (TPSA) is 146 Å². The molecule has 2 N–H and O–H groups in total. The van der Waals surface area contributed by atoms with Gasteiger partial charge in [-0.3, -0.25) is 24.9 Å². The van der Waals surface area contributed by atoms with Crippen LogP contribution < -0.4 is 20.3 Å². The number of anilines is 4. The molecule has 5 rings (SSSR count). The average Bonchev–Trinajstić information content (AvgIpc) is 2.98. The lowest BCUT2D eigenvalue weighted by Crippen LogP contribution is -2.43. The summed E-state index contributed by atoms with van der Waals surface area (Å²) in [5.74, 6) is 1.26. The summed E-state index contributed by atoms with van der Waals surface area (Å²) in [6.45, 7) is 5.23. The van der Waals surface area contributed by atoms with E-state index in [0.29, 0.717) is 54.9 Å². The summed E-state index contributed by atoms with van der Waals surface area (Å²) in [5.41, 5.74) is 3.36. The summed E-state index contributed by atoms with van der Waals surface area (Å²) < 4.78 is 10.9. The van der Waals surface area contributed by atoms with Gasteiger partial charge in [0.1, 0.15) is 29.1 Å². The van der Waals surface area contributed by atoms with E-state index in [0.717, 1.165) is 36.8 Å². The van der Waals surface area contributed by atoms with E-state index in [1.807, 2.05) is 6.07 Å². The van der Waals surface area contributed by atoms with E-state index in [1.165, 1.54) is 18.2 Å². The third kappa shape index (κ3) is 5.70. The number of pyridine rings is 3. The van der Waals surface area contributed by atoms with Gasteiger partial charge in [-0.15, -0.1) is 0 Å². The number of aryl methyl sites for hydroxylation is 1. The molecule has 1 saturated heterocycles. The molecule has 2 amide bonds. The Kier molecular flexibility index (Phi) is 8.14. The highest BCUT2D eigenvalue weighted by Gasteiger charge is 2.28. The molecular weight excluding hydrogens is 512 g/mol. The van der Waals surface area contributed by atoms with Gasteiger partial charge in [0.05, 0.1) is 43.5 Å². The first kappa shape index (κ1) is 27.0. The molecule has 0 radical (unpaired) electrons. The predicted octanol–water partition coefficient (Wildman–Crippen LogP) is 3.51. The molecule has 2 aliphatic heterocycles. The van der Waals surface area contributed by atoms with E-state index >= 15 is 0 Å². The van der Waals surface area contributed by atoms with E-state index in [4.69, 9.17) is 9.47 Å². The van der Waals surface area contributed by atoms with Crippen LogP contribution in [-0.4, -0.2) is 71.6 Å². The van der Waals surface area contributed by atoms with E-state index in [-0.39, 0.29) is 17.4 Å². The zero-order valence-corrected chi connectivity index (χ0v) is 22.4. The number of urea groups is 1. The lowest BCUT2D eigenvalue weighted by atomic mass is 10.0. The number of methoxy groups -OCH3 is 1. The lowest BCUT2D eigenvalue weighted by Gasteiger charge is -2.34. The molecule has 5 heterocycles. The maximum atomic E-state index is 13.4. The molecule has 40 heavy (non-hydrogen) atoms. The van der Waals surface area contributed by atoms with Crippen molar-refractivity contribution < 1.29 is 19.1 Å². The van der Waals surface area contributed by atoms with Crippen LogP contribution in [-0.2, 0) is 17.7 Å². The van der Waals surface area contributed by atoms with Crippen LogP contribution in [0.3, 0.4) is 0 Å². The van der Waals surface area contributed by atoms with Crippen molar-refractivity contribution in [3.63, 3.8) is 0 Å². The number of amides is 2. The van der Waals surface area contributed by atoms with Gasteiger partial charge in [-0.2, -0.15) is 5.26 Å². The maximum Gasteiger partial charge on any atom is 0.328 e. The van der Waals surface area contributed by atoms with Gasteiger partial charge in [0.2, 0.25) is 0 Å². The summed E-state index contributed by atoms with van der Waals surface area (Å²) in [4.78, 5) is 42.2. The van der Waals surface area contributed by atoms with Crippen LogP contribution in [0.4, 0.5) is 27.8 Å². The van der Waals surface area contributed by atoms with Gasteiger partial charge in [0, 0.05) is 50.2 Å². The number of hydrogen-bond donors (Lipinski definition) is 2. The first-order valence-corrected chi connectivity index (χ1v) is 13.0. The summed E-state index contributed by atoms with van der Waals surface area (Å²) in [6, 6.07) is 7.17. The molecular formula is C28H30N8O4. The monoisotopic (exact) mass is 542 g/mol. The maximum absolute atomic E-state index is 13.4. The number of carbonyl (C=O) groups is 2. The quantitative estimate of drug-likeness (QED) is 0.425. The van der Waals surface area contributed by atoms with Crippen molar-refractivity contribution in [2.24, 2.45) is 0 Å². The first-order chi connectivity index (χ1) is 19.5. The fraction of sp³-hybridized carbons (Fsp3) is 0.357. The van der Waals surface area contributed by atoms with Gasteiger partial charge in [0.15, 0.2) is 6.29 Å². The van der Waals surface area contributed by atoms with E-state index < -0.39 is 6.03 Å². The van der Waals surface area contributed by atoms with E-state index in [9.17, 15) is 14.9 Å². The van der Waals surface area contributed by atoms with Crippen LogP contribution in [0.15, 0.2) is 36.8 Å². The molecule has 1 atom stereocenters. The standard InChI is InChI=1S/C28H30N8O4/c1-18-17-40-9-8-35(18)15-20-10-19-4-3-7-36(27(19)33-24(20)16-37)28(38)34-26-11-22(21(12-29)13-31-26)32-23-14-30-6-5-25(23)39-2/h5-6,10-11,13-14,16,18H,3-4,7-9,15,17H2,1-2H3,(H2,31,32,34,38). The molecule has 3 aromatic rings. The molecule has 0 aliphatic carbocycles. The lowest BCUT2D eigenvalue weighted by molar-refractivity contribution is -0.00448. The Morgan fingerprint density at radius 1 is 1.30 bits per heavy atom. The Labute approximate surface area is 231 Å². The second-order valence-corrected chi connectivity index (χ2v) is 9.64. The molecule has 12 heteroatoms. The smallest absolute Gasteiger partial charge is 0.328 e. The number of carbonyl (C=O) groups excluding carboxylic acids is 2. The Morgan fingerprint density at radius 2 is 2.17 bits per heavy atom. The number of nitrogens with one attached hydrogen (secondary N) is 2. The summed E-state index contributed by atoms with van der Waals surface area (Å²) in [5, 5.41) is 15.5. The molecule has 12 nitrogen and oxygen atoms in total. The Morgan fingerprint density at radius 3 is 2.95 bits per heavy atom. The highest BCUT2D eigenvalue weighted by Crippen LogP contribution is 2.31. The Bertz CT molecular complexity index is 1460. The normalized spacial score (nSPS) is 16.9. The van der Waals surface area contributed by atoms with Crippen molar-refractivity contribution in [2.75, 3.05) is 48.9 Å². The number of nitriles is 1. The highest BCUT2D eigenvalue weighted by atomic mass is 16.5. The van der Waals surface area contributed by atoms with Crippen LogP contribution in [0.1, 0.15) is 40.5 Å². The fourth-order valence-corrected chi connectivity index (χ4v) is 4.89. The van der Waals surface area contributed by atoms with Crippen molar-refractivity contribution in [1.29, 1.82) is 5.26 Å². The molecule has 1 unspecified atom stereocenters. The molecule has 1 fully saturated rings. The van der Waals surface area contributed by atoms with Gasteiger partial charge in [-0.05, 0) is 37.0 Å². The average molecular weight is 543 g/mol. The molecule has 0 bridgehead atoms. The van der Waals surface area contributed by atoms with Crippen molar-refractivity contribution >= 4 is 35.3 Å². The molecule has 2 aliphatic rings. The zero-order valence-electron chi connectivity index (χ0n) is 22.4. The summed E-state index contributed by atoms with van der Waals surface area (Å²) in [6.07, 6.45) is 6.82. The van der Waals surface area contributed by atoms with Crippen LogP contribution in [0.5, 0.6) is 5.75 Å². The number of morpholine rings is 1. The first-order valence-electron chi connectivity index (χ1n) is 13.0. The number of aldehydes is 1. The molecule has 0 aromatic carbocycles. The van der Waals surface area contributed by atoms with Gasteiger partial charge < -0.3 is 14.8 Å². The van der Waals surface area contributed by atoms with Crippen LogP contribution >= 0.6 is 0 Å². The SMILES string of the molecule is COc1ccncc1Nc1cc(NC(=O)N2CCCc3cc(CN4CCOCC4C)c(C=O)nc32)ncc1C#N. The van der Waals surface area contributed by atoms with Gasteiger partial charge >= 0.3 is 6.03 Å². The minimum absolute atomic E-state index is 0.241. The second-order valence-electron chi connectivity index (χ2n) is 9.64. The van der Waals surface area contributed by atoms with Crippen LogP contribution in [0.25, 0.3) is 0 Å².